The standard InChI is InChI=1S/C15H27Cl2N.ClH/c16-11-13(17)12-18(14-7-3-1-4-8-14)15-9-5-2-6-10-15;/h13-15H,1-12H2;1H. The molecule has 0 saturated heterocycles. The molecule has 4 heteroatoms. The van der Waals surface area contributed by atoms with Crippen LogP contribution in [0.25, 0.3) is 0 Å². The van der Waals surface area contributed by atoms with Crippen molar-refractivity contribution >= 4 is 35.6 Å². The monoisotopic (exact) mass is 327 g/mol. The minimum Gasteiger partial charge on any atom is -0.296 e. The summed E-state index contributed by atoms with van der Waals surface area (Å²) in [5.74, 6) is 0.581. The maximum atomic E-state index is 6.32. The molecule has 2 rings (SSSR count). The Hall–Kier alpha value is 0.830. The number of nitrogens with zero attached hydrogens (tertiary/aromatic N) is 1. The summed E-state index contributed by atoms with van der Waals surface area (Å²) in [4.78, 5) is 2.73. The van der Waals surface area contributed by atoms with Crippen molar-refractivity contribution in [2.75, 3.05) is 12.4 Å². The minimum atomic E-state index is 0. The Bertz CT molecular complexity index is 207. The van der Waals surface area contributed by atoms with Gasteiger partial charge in [-0.25, -0.2) is 0 Å². The fraction of sp³-hybridized carbons (Fsp3) is 1.00. The molecule has 0 aliphatic heterocycles. The van der Waals surface area contributed by atoms with Crippen LogP contribution in [0.1, 0.15) is 64.2 Å². The van der Waals surface area contributed by atoms with Gasteiger partial charge in [-0.2, -0.15) is 0 Å². The Kier molecular flexibility index (Phi) is 9.14. The van der Waals surface area contributed by atoms with Gasteiger partial charge in [0.15, 0.2) is 0 Å². The van der Waals surface area contributed by atoms with Gasteiger partial charge in [0, 0.05) is 24.5 Å². The summed E-state index contributed by atoms with van der Waals surface area (Å²) in [5.41, 5.74) is 0. The van der Waals surface area contributed by atoms with E-state index >= 15 is 0 Å². The number of hydrogen-bond donors (Lipinski definition) is 0. The van der Waals surface area contributed by atoms with Crippen molar-refractivity contribution < 1.29 is 0 Å². The first kappa shape index (κ1) is 17.9. The van der Waals surface area contributed by atoms with Crippen molar-refractivity contribution in [3.05, 3.63) is 0 Å². The van der Waals surface area contributed by atoms with Gasteiger partial charge in [0.2, 0.25) is 0 Å². The van der Waals surface area contributed by atoms with Crippen LogP contribution < -0.4 is 0 Å². The molecule has 0 amide bonds. The van der Waals surface area contributed by atoms with Crippen LogP contribution in [0.5, 0.6) is 0 Å². The maximum Gasteiger partial charge on any atom is 0.0598 e. The molecular weight excluding hydrogens is 301 g/mol. The van der Waals surface area contributed by atoms with Gasteiger partial charge in [0.1, 0.15) is 0 Å². The third-order valence-corrected chi connectivity index (χ3v) is 5.49. The van der Waals surface area contributed by atoms with Crippen LogP contribution in [0, 0.1) is 0 Å². The second-order valence-corrected chi connectivity index (χ2v) is 6.96. The molecule has 0 aromatic rings. The van der Waals surface area contributed by atoms with Gasteiger partial charge in [-0.05, 0) is 25.7 Å². The molecule has 114 valence electrons. The molecule has 2 fully saturated rings. The van der Waals surface area contributed by atoms with Gasteiger partial charge >= 0.3 is 0 Å². The fourth-order valence-electron chi connectivity index (χ4n) is 3.70. The topological polar surface area (TPSA) is 3.24 Å². The summed E-state index contributed by atoms with van der Waals surface area (Å²) in [5, 5.41) is 0.121. The molecule has 0 spiro atoms. The lowest BCUT2D eigenvalue weighted by molar-refractivity contribution is 0.0821. The second-order valence-electron chi connectivity index (χ2n) is 6.03. The molecule has 0 radical (unpaired) electrons. The summed E-state index contributed by atoms with van der Waals surface area (Å²) in [6.07, 6.45) is 14.0. The lowest BCUT2D eigenvalue weighted by atomic mass is 9.88. The molecular formula is C15H28Cl3N. The van der Waals surface area contributed by atoms with Gasteiger partial charge in [0.05, 0.1) is 5.38 Å². The first-order valence-corrected chi connectivity index (χ1v) is 8.74. The van der Waals surface area contributed by atoms with Crippen LogP contribution in [0.2, 0.25) is 0 Å². The van der Waals surface area contributed by atoms with E-state index in [-0.39, 0.29) is 17.8 Å². The third kappa shape index (κ3) is 5.61. The zero-order valence-corrected chi connectivity index (χ0v) is 14.2. The normalized spacial score (nSPS) is 24.2. The van der Waals surface area contributed by atoms with E-state index in [9.17, 15) is 0 Å². The van der Waals surface area contributed by atoms with E-state index in [0.29, 0.717) is 5.88 Å². The molecule has 0 bridgehead atoms. The molecule has 0 aromatic carbocycles. The molecule has 2 aliphatic carbocycles. The summed E-state index contributed by atoms with van der Waals surface area (Å²) in [6, 6.07) is 1.57. The van der Waals surface area contributed by atoms with Crippen LogP contribution in [-0.4, -0.2) is 34.8 Å². The predicted octanol–water partition coefficient (Wildman–Crippen LogP) is 5.22. The smallest absolute Gasteiger partial charge is 0.0598 e. The highest BCUT2D eigenvalue weighted by molar-refractivity contribution is 6.28. The van der Waals surface area contributed by atoms with Crippen LogP contribution in [-0.2, 0) is 0 Å². The van der Waals surface area contributed by atoms with Crippen molar-refractivity contribution in [1.82, 2.24) is 4.90 Å². The third-order valence-electron chi connectivity index (χ3n) is 4.66. The predicted molar refractivity (Wildman–Crippen MR) is 88.1 cm³/mol. The summed E-state index contributed by atoms with van der Waals surface area (Å²) in [6.45, 7) is 1.00. The first-order chi connectivity index (χ1) is 8.81. The van der Waals surface area contributed by atoms with Crippen molar-refractivity contribution in [3.63, 3.8) is 0 Å². The zero-order valence-electron chi connectivity index (χ0n) is 11.8. The molecule has 1 nitrogen and oxygen atoms in total. The molecule has 2 aliphatic rings. The number of alkyl halides is 2. The lowest BCUT2D eigenvalue weighted by Gasteiger charge is -2.42. The number of hydrogen-bond acceptors (Lipinski definition) is 1. The highest BCUT2D eigenvalue weighted by atomic mass is 35.5. The summed E-state index contributed by atoms with van der Waals surface area (Å²) >= 11 is 12.2. The zero-order chi connectivity index (χ0) is 12.8. The Balaban J connectivity index is 0.00000180. The van der Waals surface area contributed by atoms with E-state index in [1.54, 1.807) is 0 Å². The van der Waals surface area contributed by atoms with Crippen LogP contribution in [0.3, 0.4) is 0 Å². The van der Waals surface area contributed by atoms with Gasteiger partial charge in [0.25, 0.3) is 0 Å². The average molecular weight is 329 g/mol. The molecule has 0 N–H and O–H groups in total. The first-order valence-electron chi connectivity index (χ1n) is 7.77. The number of rotatable bonds is 5. The number of halogens is 3. The van der Waals surface area contributed by atoms with Gasteiger partial charge in [-0.1, -0.05) is 38.5 Å². The van der Waals surface area contributed by atoms with E-state index < -0.39 is 0 Å². The van der Waals surface area contributed by atoms with E-state index in [2.05, 4.69) is 4.90 Å². The van der Waals surface area contributed by atoms with E-state index in [4.69, 9.17) is 23.2 Å². The highest BCUT2D eigenvalue weighted by Crippen LogP contribution is 2.30. The molecule has 1 unspecified atom stereocenters. The molecule has 1 atom stereocenters. The Morgan fingerprint density at radius 3 is 1.63 bits per heavy atom. The van der Waals surface area contributed by atoms with Gasteiger partial charge in [-0.15, -0.1) is 35.6 Å². The Morgan fingerprint density at radius 1 is 0.842 bits per heavy atom. The molecule has 0 heterocycles. The second kappa shape index (κ2) is 9.71. The Labute approximate surface area is 134 Å². The van der Waals surface area contributed by atoms with Crippen LogP contribution in [0.4, 0.5) is 0 Å². The maximum absolute atomic E-state index is 6.32. The SMILES string of the molecule is Cl.ClCC(Cl)CN(C1CCCCC1)C1CCCCC1. The van der Waals surface area contributed by atoms with Crippen molar-refractivity contribution in [3.8, 4) is 0 Å². The van der Waals surface area contributed by atoms with Gasteiger partial charge in [-0.3, -0.25) is 4.90 Å². The molecule has 2 saturated carbocycles. The van der Waals surface area contributed by atoms with E-state index in [1.165, 1.54) is 64.2 Å². The Morgan fingerprint density at radius 2 is 1.26 bits per heavy atom. The highest BCUT2D eigenvalue weighted by Gasteiger charge is 2.29. The van der Waals surface area contributed by atoms with Crippen molar-refractivity contribution in [2.45, 2.75) is 81.7 Å². The van der Waals surface area contributed by atoms with Crippen molar-refractivity contribution in [2.24, 2.45) is 0 Å². The molecule has 0 aromatic heterocycles. The average Bonchev–Trinajstić information content (AvgIpc) is 2.46. The molecule has 19 heavy (non-hydrogen) atoms. The fourth-order valence-corrected chi connectivity index (χ4v) is 3.96. The van der Waals surface area contributed by atoms with E-state index in [0.717, 1.165) is 18.6 Å². The quantitative estimate of drug-likeness (QED) is 0.625. The summed E-state index contributed by atoms with van der Waals surface area (Å²) < 4.78 is 0. The van der Waals surface area contributed by atoms with Gasteiger partial charge < -0.3 is 0 Å². The van der Waals surface area contributed by atoms with Crippen molar-refractivity contribution in [1.29, 1.82) is 0 Å². The van der Waals surface area contributed by atoms with Crippen LogP contribution >= 0.6 is 35.6 Å². The largest absolute Gasteiger partial charge is 0.296 e. The summed E-state index contributed by atoms with van der Waals surface area (Å²) in [7, 11) is 0. The van der Waals surface area contributed by atoms with Crippen LogP contribution in [0.15, 0.2) is 0 Å². The minimum absolute atomic E-state index is 0. The lowest BCUT2D eigenvalue weighted by Crippen LogP contribution is -2.48. The van der Waals surface area contributed by atoms with E-state index in [1.807, 2.05) is 0 Å².